The fourth-order valence-electron chi connectivity index (χ4n) is 1.49. The standard InChI is InChI=1S/C13H8BrCl2F/c14-13(8-1-4-10(15)5-2-8)9-3-6-11(16)12(17)7-9/h1-7,13H. The van der Waals surface area contributed by atoms with E-state index in [-0.39, 0.29) is 9.85 Å². The molecular formula is C13H8BrCl2F. The van der Waals surface area contributed by atoms with Gasteiger partial charge >= 0.3 is 0 Å². The van der Waals surface area contributed by atoms with Gasteiger partial charge in [0.2, 0.25) is 0 Å². The third kappa shape index (κ3) is 3.01. The second-order valence-electron chi connectivity index (χ2n) is 3.59. The highest BCUT2D eigenvalue weighted by Crippen LogP contribution is 2.32. The molecule has 0 aliphatic heterocycles. The highest BCUT2D eigenvalue weighted by Gasteiger charge is 2.12. The van der Waals surface area contributed by atoms with E-state index >= 15 is 0 Å². The Morgan fingerprint density at radius 1 is 0.941 bits per heavy atom. The lowest BCUT2D eigenvalue weighted by atomic mass is 10.0. The molecule has 88 valence electrons. The van der Waals surface area contributed by atoms with Crippen LogP contribution in [0.3, 0.4) is 0 Å². The second kappa shape index (κ2) is 5.38. The Hall–Kier alpha value is -0.570. The highest BCUT2D eigenvalue weighted by atomic mass is 79.9. The Balaban J connectivity index is 2.33. The van der Waals surface area contributed by atoms with Crippen LogP contribution in [0, 0.1) is 5.82 Å². The molecule has 0 aromatic heterocycles. The molecule has 17 heavy (non-hydrogen) atoms. The Morgan fingerprint density at radius 3 is 2.12 bits per heavy atom. The predicted molar refractivity (Wildman–Crippen MR) is 73.6 cm³/mol. The van der Waals surface area contributed by atoms with Gasteiger partial charge in [-0.3, -0.25) is 0 Å². The fourth-order valence-corrected chi connectivity index (χ4v) is 2.33. The summed E-state index contributed by atoms with van der Waals surface area (Å²) < 4.78 is 13.3. The van der Waals surface area contributed by atoms with Crippen LogP contribution in [0.4, 0.5) is 4.39 Å². The highest BCUT2D eigenvalue weighted by molar-refractivity contribution is 9.09. The summed E-state index contributed by atoms with van der Waals surface area (Å²) >= 11 is 15.0. The fraction of sp³-hybridized carbons (Fsp3) is 0.0769. The van der Waals surface area contributed by atoms with E-state index in [1.807, 2.05) is 12.1 Å². The zero-order chi connectivity index (χ0) is 12.4. The van der Waals surface area contributed by atoms with E-state index in [9.17, 15) is 4.39 Å². The third-order valence-corrected chi connectivity index (χ3v) is 4.01. The van der Waals surface area contributed by atoms with Crippen molar-refractivity contribution in [2.24, 2.45) is 0 Å². The van der Waals surface area contributed by atoms with Gasteiger partial charge in [0.05, 0.1) is 9.85 Å². The Kier molecular flexibility index (Phi) is 4.08. The molecule has 4 heteroatoms. The van der Waals surface area contributed by atoms with E-state index in [0.29, 0.717) is 5.02 Å². The Morgan fingerprint density at radius 2 is 1.53 bits per heavy atom. The van der Waals surface area contributed by atoms with Crippen LogP contribution in [-0.2, 0) is 0 Å². The van der Waals surface area contributed by atoms with E-state index in [2.05, 4.69) is 15.9 Å². The van der Waals surface area contributed by atoms with E-state index in [0.717, 1.165) is 11.1 Å². The van der Waals surface area contributed by atoms with Gasteiger partial charge in [-0.05, 0) is 35.4 Å². The van der Waals surface area contributed by atoms with Gasteiger partial charge in [-0.25, -0.2) is 4.39 Å². The smallest absolute Gasteiger partial charge is 0.142 e. The molecule has 2 rings (SSSR count). The molecule has 2 aromatic rings. The van der Waals surface area contributed by atoms with E-state index < -0.39 is 5.82 Å². The minimum Gasteiger partial charge on any atom is -0.205 e. The second-order valence-corrected chi connectivity index (χ2v) is 5.35. The summed E-state index contributed by atoms with van der Waals surface area (Å²) in [5.41, 5.74) is 1.82. The van der Waals surface area contributed by atoms with Gasteiger partial charge in [-0.2, -0.15) is 0 Å². The first-order valence-corrected chi connectivity index (χ1v) is 6.59. The first-order valence-electron chi connectivity index (χ1n) is 4.92. The van der Waals surface area contributed by atoms with Crippen LogP contribution in [0.2, 0.25) is 10.0 Å². The summed E-state index contributed by atoms with van der Waals surface area (Å²) in [6, 6.07) is 12.2. The molecule has 0 aliphatic rings. The quantitative estimate of drug-likeness (QED) is 0.626. The van der Waals surface area contributed by atoms with Crippen LogP contribution in [0.15, 0.2) is 42.5 Å². The van der Waals surface area contributed by atoms with E-state index in [1.54, 1.807) is 24.3 Å². The van der Waals surface area contributed by atoms with Crippen molar-refractivity contribution >= 4 is 39.1 Å². The minimum atomic E-state index is -0.414. The van der Waals surface area contributed by atoms with Gasteiger partial charge in [-0.15, -0.1) is 0 Å². The normalized spacial score (nSPS) is 12.5. The molecule has 0 heterocycles. The average molecular weight is 334 g/mol. The molecule has 0 amide bonds. The van der Waals surface area contributed by atoms with Crippen molar-refractivity contribution < 1.29 is 4.39 Å². The molecule has 0 N–H and O–H groups in total. The monoisotopic (exact) mass is 332 g/mol. The maximum absolute atomic E-state index is 13.3. The van der Waals surface area contributed by atoms with Gasteiger partial charge in [0.1, 0.15) is 5.82 Å². The van der Waals surface area contributed by atoms with Gasteiger partial charge in [0, 0.05) is 5.02 Å². The SMILES string of the molecule is Fc1cc(C(Br)c2ccc(Cl)cc2)ccc1Cl. The van der Waals surface area contributed by atoms with Crippen molar-refractivity contribution in [2.45, 2.75) is 4.83 Å². The molecule has 0 nitrogen and oxygen atoms in total. The van der Waals surface area contributed by atoms with E-state index in [4.69, 9.17) is 23.2 Å². The third-order valence-electron chi connectivity index (χ3n) is 2.40. The Labute approximate surface area is 117 Å². The van der Waals surface area contributed by atoms with Gasteiger partial charge < -0.3 is 0 Å². The minimum absolute atomic E-state index is 0.0773. The van der Waals surface area contributed by atoms with Crippen LogP contribution in [0.1, 0.15) is 16.0 Å². The molecule has 0 saturated carbocycles. The lowest BCUT2D eigenvalue weighted by molar-refractivity contribution is 0.626. The zero-order valence-electron chi connectivity index (χ0n) is 8.63. The average Bonchev–Trinajstić information content (AvgIpc) is 2.33. The van der Waals surface area contributed by atoms with Crippen molar-refractivity contribution in [3.63, 3.8) is 0 Å². The molecule has 0 saturated heterocycles. The number of alkyl halides is 1. The molecule has 0 bridgehead atoms. The van der Waals surface area contributed by atoms with Crippen LogP contribution >= 0.6 is 39.1 Å². The van der Waals surface area contributed by atoms with Crippen molar-refractivity contribution in [3.8, 4) is 0 Å². The Bertz CT molecular complexity index is 525. The van der Waals surface area contributed by atoms with Crippen molar-refractivity contribution in [1.29, 1.82) is 0 Å². The zero-order valence-corrected chi connectivity index (χ0v) is 11.7. The number of rotatable bonds is 2. The van der Waals surface area contributed by atoms with Gasteiger partial charge in [0.25, 0.3) is 0 Å². The molecule has 0 fully saturated rings. The van der Waals surface area contributed by atoms with Crippen LogP contribution in [0.25, 0.3) is 0 Å². The topological polar surface area (TPSA) is 0 Å². The van der Waals surface area contributed by atoms with E-state index in [1.165, 1.54) is 6.07 Å². The molecule has 0 aliphatic carbocycles. The molecule has 0 radical (unpaired) electrons. The summed E-state index contributed by atoms with van der Waals surface area (Å²) in [6.45, 7) is 0. The summed E-state index contributed by atoms with van der Waals surface area (Å²) in [5.74, 6) is -0.414. The lowest BCUT2D eigenvalue weighted by Crippen LogP contribution is -1.93. The number of hydrogen-bond donors (Lipinski definition) is 0. The molecular weight excluding hydrogens is 326 g/mol. The summed E-state index contributed by atoms with van der Waals surface area (Å²) in [5, 5.41) is 0.806. The molecule has 2 aromatic carbocycles. The van der Waals surface area contributed by atoms with Crippen LogP contribution < -0.4 is 0 Å². The first-order chi connectivity index (χ1) is 8.08. The number of hydrogen-bond acceptors (Lipinski definition) is 0. The van der Waals surface area contributed by atoms with Gasteiger partial charge in [0.15, 0.2) is 0 Å². The maximum Gasteiger partial charge on any atom is 0.142 e. The summed E-state index contributed by atoms with van der Waals surface area (Å²) in [6.07, 6.45) is 0. The summed E-state index contributed by atoms with van der Waals surface area (Å²) in [4.78, 5) is -0.0773. The number of halogens is 4. The molecule has 1 unspecified atom stereocenters. The first kappa shape index (κ1) is 12.9. The number of benzene rings is 2. The maximum atomic E-state index is 13.3. The van der Waals surface area contributed by atoms with Crippen molar-refractivity contribution in [3.05, 3.63) is 69.5 Å². The molecule has 0 spiro atoms. The van der Waals surface area contributed by atoms with Crippen molar-refractivity contribution in [2.75, 3.05) is 0 Å². The van der Waals surface area contributed by atoms with Gasteiger partial charge in [-0.1, -0.05) is 57.3 Å². The van der Waals surface area contributed by atoms with Crippen molar-refractivity contribution in [1.82, 2.24) is 0 Å². The lowest BCUT2D eigenvalue weighted by Gasteiger charge is -2.11. The molecule has 1 atom stereocenters. The predicted octanol–water partition coefficient (Wildman–Crippen LogP) is 5.62. The summed E-state index contributed by atoms with van der Waals surface area (Å²) in [7, 11) is 0. The van der Waals surface area contributed by atoms with Crippen LogP contribution in [-0.4, -0.2) is 0 Å². The van der Waals surface area contributed by atoms with Crippen LogP contribution in [0.5, 0.6) is 0 Å². The largest absolute Gasteiger partial charge is 0.205 e.